The van der Waals surface area contributed by atoms with Crippen molar-refractivity contribution in [3.8, 4) is 0 Å². The average molecular weight is 611 g/mol. The van der Waals surface area contributed by atoms with E-state index in [0.29, 0.717) is 0 Å². The van der Waals surface area contributed by atoms with E-state index in [1.54, 1.807) is 28.4 Å². The Labute approximate surface area is 239 Å². The van der Waals surface area contributed by atoms with Crippen LogP contribution in [0, 0.1) is 0 Å². The summed E-state index contributed by atoms with van der Waals surface area (Å²) in [4.78, 5) is 42.3. The third-order valence-electron chi connectivity index (χ3n) is 5.48. The number of aromatic nitrogens is 4. The van der Waals surface area contributed by atoms with Gasteiger partial charge in [-0.1, -0.05) is 0 Å². The summed E-state index contributed by atoms with van der Waals surface area (Å²) in [7, 11) is 4.34. The molecule has 2 aliphatic heterocycles. The van der Waals surface area contributed by atoms with Crippen molar-refractivity contribution in [2.45, 2.75) is 90.5 Å². The molecule has 1 radical (unpaired) electrons. The van der Waals surface area contributed by atoms with Crippen LogP contribution >= 0.6 is 28.7 Å². The summed E-state index contributed by atoms with van der Waals surface area (Å²) in [5.41, 5.74) is -0.915. The minimum atomic E-state index is -0.464. The van der Waals surface area contributed by atoms with Gasteiger partial charge >= 0.3 is 36.9 Å². The van der Waals surface area contributed by atoms with Crippen LogP contribution in [-0.2, 0) is 9.47 Å². The SMILES string of the molecule is CC(C)(C)OC(=O)N1CCC[C@H]1c1ncc(Br)[nH]1.CC(C)(C)OC(=O)N1CCC[C@H]1c1ncc[nH]1.[B]=NS. The second-order valence-electron chi connectivity index (χ2n) is 10.9. The van der Waals surface area contributed by atoms with Gasteiger partial charge in [0.2, 0.25) is 0 Å². The van der Waals surface area contributed by atoms with E-state index in [4.69, 9.17) is 9.47 Å². The van der Waals surface area contributed by atoms with Gasteiger partial charge in [-0.15, -0.1) is 0 Å². The van der Waals surface area contributed by atoms with Crippen LogP contribution < -0.4 is 0 Å². The molecule has 2 aromatic heterocycles. The first-order chi connectivity index (χ1) is 17.8. The normalized spacial score (nSPS) is 19.1. The van der Waals surface area contributed by atoms with Crippen LogP contribution in [-0.4, -0.2) is 73.9 Å². The van der Waals surface area contributed by atoms with Crippen molar-refractivity contribution < 1.29 is 19.1 Å². The maximum atomic E-state index is 12.1. The Morgan fingerprint density at radius 1 is 1.00 bits per heavy atom. The van der Waals surface area contributed by atoms with Crippen molar-refractivity contribution in [2.75, 3.05) is 13.1 Å². The molecule has 4 heterocycles. The number of carbonyl (C=O) groups excluding carboxylic acids is 2. The van der Waals surface area contributed by atoms with E-state index >= 15 is 0 Å². The third-order valence-corrected chi connectivity index (χ3v) is 5.88. The number of nitrogens with one attached hydrogen (secondary N) is 2. The van der Waals surface area contributed by atoms with Crippen LogP contribution in [0.2, 0.25) is 0 Å². The van der Waals surface area contributed by atoms with Gasteiger partial charge in [0.25, 0.3) is 0 Å². The second-order valence-corrected chi connectivity index (χ2v) is 12.0. The molecule has 2 aromatic rings. The molecule has 0 saturated carbocycles. The van der Waals surface area contributed by atoms with Gasteiger partial charge < -0.3 is 19.4 Å². The number of H-pyrrole nitrogens is 2. The van der Waals surface area contributed by atoms with Crippen LogP contribution in [0.1, 0.15) is 91.0 Å². The second kappa shape index (κ2) is 14.2. The molecule has 2 amide bonds. The summed E-state index contributed by atoms with van der Waals surface area (Å²) < 4.78 is 14.3. The first-order valence-electron chi connectivity index (χ1n) is 12.5. The fourth-order valence-corrected chi connectivity index (χ4v) is 4.43. The van der Waals surface area contributed by atoms with E-state index < -0.39 is 11.2 Å². The number of imidazole rings is 2. The van der Waals surface area contributed by atoms with Gasteiger partial charge in [0.15, 0.2) is 0 Å². The summed E-state index contributed by atoms with van der Waals surface area (Å²) in [6.07, 6.45) is 8.50. The minimum absolute atomic E-state index is 0.00819. The number of hydrogen-bond acceptors (Lipinski definition) is 8. The number of amides is 2. The topological polar surface area (TPSA) is 129 Å². The Kier molecular flexibility index (Phi) is 11.9. The number of halogens is 1. The number of aromatic amines is 2. The zero-order valence-corrected chi connectivity index (χ0v) is 25.4. The van der Waals surface area contributed by atoms with Crippen molar-refractivity contribution in [1.82, 2.24) is 29.7 Å². The zero-order valence-electron chi connectivity index (χ0n) is 22.9. The molecule has 0 bridgehead atoms. The quantitative estimate of drug-likeness (QED) is 0.286. The van der Waals surface area contributed by atoms with E-state index in [-0.39, 0.29) is 24.3 Å². The number of rotatable bonds is 2. The van der Waals surface area contributed by atoms with Gasteiger partial charge in [0.05, 0.1) is 18.3 Å². The molecule has 38 heavy (non-hydrogen) atoms. The predicted octanol–water partition coefficient (Wildman–Crippen LogP) is 5.91. The molecule has 11 nitrogen and oxygen atoms in total. The number of ether oxygens (including phenoxy) is 2. The van der Waals surface area contributed by atoms with Gasteiger partial charge in [-0.2, -0.15) is 0 Å². The van der Waals surface area contributed by atoms with Crippen molar-refractivity contribution in [3.63, 3.8) is 0 Å². The number of hydrogen-bond donors (Lipinski definition) is 3. The number of likely N-dealkylation sites (tertiary alicyclic amines) is 2. The molecule has 2 aliphatic rings. The van der Waals surface area contributed by atoms with Gasteiger partial charge in [0.1, 0.15) is 27.5 Å². The van der Waals surface area contributed by atoms with E-state index in [1.807, 2.05) is 41.5 Å². The van der Waals surface area contributed by atoms with Crippen LogP contribution in [0.5, 0.6) is 0 Å². The molecule has 0 aromatic carbocycles. The van der Waals surface area contributed by atoms with E-state index in [1.165, 1.54) is 0 Å². The molecular formula is C24H38BBrN7O4S. The molecular weight excluding hydrogens is 573 g/mol. The molecule has 0 aliphatic carbocycles. The van der Waals surface area contributed by atoms with Gasteiger partial charge in [-0.25, -0.2) is 19.6 Å². The third kappa shape index (κ3) is 10.1. The Morgan fingerprint density at radius 3 is 1.84 bits per heavy atom. The van der Waals surface area contributed by atoms with E-state index in [0.717, 1.165) is 55.0 Å². The van der Waals surface area contributed by atoms with Crippen molar-refractivity contribution in [3.05, 3.63) is 34.8 Å². The van der Waals surface area contributed by atoms with Gasteiger partial charge in [-0.05, 0) is 83.2 Å². The average Bonchev–Trinajstić information content (AvgIpc) is 3.58. The van der Waals surface area contributed by atoms with Crippen molar-refractivity contribution in [2.24, 2.45) is 4.30 Å². The molecule has 2 N–H and O–H groups in total. The Balaban J connectivity index is 0.000000242. The van der Waals surface area contributed by atoms with Crippen LogP contribution in [0.4, 0.5) is 9.59 Å². The molecule has 0 unspecified atom stereocenters. The number of thiol groups is 1. The Hall–Kier alpha value is -2.35. The van der Waals surface area contributed by atoms with Crippen LogP contribution in [0.15, 0.2) is 27.5 Å². The van der Waals surface area contributed by atoms with Gasteiger partial charge in [-0.3, -0.25) is 9.80 Å². The molecule has 4 rings (SSSR count). The number of carbonyl (C=O) groups is 2. The summed E-state index contributed by atoms with van der Waals surface area (Å²) >= 11 is 6.52. The summed E-state index contributed by atoms with van der Waals surface area (Å²) in [5.74, 6) is 1.65. The standard InChI is InChI=1S/C12H18BrN3O2.C12H19N3O2.BHNS/c1-12(2,3)18-11(17)16-6-4-5-8(16)10-14-7-9(13)15-10;1-12(2,3)17-11(16)15-8-4-5-9(15)10-13-6-7-14-10;1-2-3/h7-8H,4-6H2,1-3H3,(H,14,15);6-7,9H,4-5,8H2,1-3H3,(H,13,14);3H/t8-;9-;/m00./s1. The molecule has 209 valence electrons. The Morgan fingerprint density at radius 2 is 1.47 bits per heavy atom. The van der Waals surface area contributed by atoms with Crippen molar-refractivity contribution >= 4 is 48.6 Å². The predicted molar refractivity (Wildman–Crippen MR) is 152 cm³/mol. The maximum absolute atomic E-state index is 12.1. The van der Waals surface area contributed by atoms with E-state index in [2.05, 4.69) is 60.6 Å². The summed E-state index contributed by atoms with van der Waals surface area (Å²) in [6, 6.07) is 0.0194. The van der Waals surface area contributed by atoms with Crippen LogP contribution in [0.25, 0.3) is 0 Å². The fraction of sp³-hybridized carbons (Fsp3) is 0.667. The van der Waals surface area contributed by atoms with E-state index in [9.17, 15) is 9.59 Å². The molecule has 2 saturated heterocycles. The zero-order chi connectivity index (χ0) is 28.5. The Bertz CT molecular complexity index is 1040. The fourth-order valence-electron chi connectivity index (χ4n) is 4.12. The van der Waals surface area contributed by atoms with Crippen molar-refractivity contribution in [1.29, 1.82) is 0 Å². The summed E-state index contributed by atoms with van der Waals surface area (Å²) in [6.45, 7) is 12.7. The summed E-state index contributed by atoms with van der Waals surface area (Å²) in [5, 5.41) is 0. The molecule has 14 heteroatoms. The first-order valence-corrected chi connectivity index (χ1v) is 13.7. The molecule has 2 fully saturated rings. The first kappa shape index (κ1) is 31.9. The van der Waals surface area contributed by atoms with Crippen LogP contribution in [0.3, 0.4) is 0 Å². The van der Waals surface area contributed by atoms with Gasteiger partial charge in [0, 0.05) is 25.5 Å². The monoisotopic (exact) mass is 610 g/mol. The molecule has 0 spiro atoms. The number of nitrogens with zero attached hydrogens (tertiary/aromatic N) is 5. The molecule has 2 atom stereocenters.